The van der Waals surface area contributed by atoms with Crippen molar-refractivity contribution in [2.24, 2.45) is 0 Å². The zero-order valence-corrected chi connectivity index (χ0v) is 9.99. The first-order valence-corrected chi connectivity index (χ1v) is 5.54. The molecule has 1 heterocycles. The van der Waals surface area contributed by atoms with Gasteiger partial charge in [0.05, 0.1) is 13.2 Å². The summed E-state index contributed by atoms with van der Waals surface area (Å²) < 4.78 is 10.8. The Hall–Kier alpha value is -0.450. The standard InChI is InChI=1S/C9H19NO2.C2H4O/c1-8(10-2)4-5-9-11-6-3-7-12-9;1-2-3/h8-10H,3-7H2,1-2H3;2H,1H3. The van der Waals surface area contributed by atoms with Gasteiger partial charge in [-0.05, 0) is 40.2 Å². The van der Waals surface area contributed by atoms with Crippen molar-refractivity contribution >= 4 is 6.29 Å². The lowest BCUT2D eigenvalue weighted by atomic mass is 10.2. The zero-order chi connectivity index (χ0) is 11.5. The average Bonchev–Trinajstić information content (AvgIpc) is 2.28. The quantitative estimate of drug-likeness (QED) is 0.722. The average molecular weight is 217 g/mol. The van der Waals surface area contributed by atoms with Crippen LogP contribution >= 0.6 is 0 Å². The lowest BCUT2D eigenvalue weighted by Crippen LogP contribution is -2.28. The maximum Gasteiger partial charge on any atom is 0.157 e. The van der Waals surface area contributed by atoms with Crippen molar-refractivity contribution in [2.75, 3.05) is 20.3 Å². The smallest absolute Gasteiger partial charge is 0.157 e. The highest BCUT2D eigenvalue weighted by molar-refractivity contribution is 5.44. The highest BCUT2D eigenvalue weighted by atomic mass is 16.7. The number of ether oxygens (including phenoxy) is 2. The van der Waals surface area contributed by atoms with Crippen LogP contribution in [0.15, 0.2) is 0 Å². The summed E-state index contributed by atoms with van der Waals surface area (Å²) in [5, 5.41) is 3.19. The van der Waals surface area contributed by atoms with E-state index in [-0.39, 0.29) is 6.29 Å². The highest BCUT2D eigenvalue weighted by Crippen LogP contribution is 2.11. The predicted octanol–water partition coefficient (Wildman–Crippen LogP) is 1.34. The minimum absolute atomic E-state index is 0.0505. The van der Waals surface area contributed by atoms with Crippen molar-refractivity contribution in [1.29, 1.82) is 0 Å². The molecule has 0 bridgehead atoms. The summed E-state index contributed by atoms with van der Waals surface area (Å²) in [4.78, 5) is 8.81. The van der Waals surface area contributed by atoms with Gasteiger partial charge in [-0.3, -0.25) is 0 Å². The Bertz CT molecular complexity index is 147. The molecule has 1 N–H and O–H groups in total. The van der Waals surface area contributed by atoms with E-state index in [0.29, 0.717) is 6.04 Å². The van der Waals surface area contributed by atoms with Gasteiger partial charge in [0.2, 0.25) is 0 Å². The Morgan fingerprint density at radius 1 is 1.47 bits per heavy atom. The lowest BCUT2D eigenvalue weighted by molar-refractivity contribution is -0.182. The zero-order valence-electron chi connectivity index (χ0n) is 9.99. The molecule has 0 aliphatic carbocycles. The summed E-state index contributed by atoms with van der Waals surface area (Å²) in [5.41, 5.74) is 0. The van der Waals surface area contributed by atoms with E-state index in [1.165, 1.54) is 6.92 Å². The van der Waals surface area contributed by atoms with E-state index in [2.05, 4.69) is 12.2 Å². The third-order valence-corrected chi connectivity index (χ3v) is 2.22. The largest absolute Gasteiger partial charge is 0.353 e. The molecular formula is C11H23NO3. The fraction of sp³-hybridized carbons (Fsp3) is 0.909. The van der Waals surface area contributed by atoms with Gasteiger partial charge >= 0.3 is 0 Å². The summed E-state index contributed by atoms with van der Waals surface area (Å²) >= 11 is 0. The second-order valence-corrected chi connectivity index (χ2v) is 3.53. The molecule has 1 atom stereocenters. The maximum absolute atomic E-state index is 8.81. The fourth-order valence-corrected chi connectivity index (χ4v) is 1.23. The van der Waals surface area contributed by atoms with Crippen molar-refractivity contribution in [3.8, 4) is 0 Å². The molecule has 0 saturated carbocycles. The monoisotopic (exact) mass is 217 g/mol. The van der Waals surface area contributed by atoms with Crippen LogP contribution in [0.4, 0.5) is 0 Å². The van der Waals surface area contributed by atoms with E-state index in [4.69, 9.17) is 14.3 Å². The van der Waals surface area contributed by atoms with E-state index in [1.807, 2.05) is 7.05 Å². The van der Waals surface area contributed by atoms with Crippen molar-refractivity contribution in [2.45, 2.75) is 45.4 Å². The van der Waals surface area contributed by atoms with E-state index >= 15 is 0 Å². The summed E-state index contributed by atoms with van der Waals surface area (Å²) in [5.74, 6) is 0. The van der Waals surface area contributed by atoms with Crippen LogP contribution in [-0.2, 0) is 14.3 Å². The van der Waals surface area contributed by atoms with Crippen LogP contribution < -0.4 is 5.32 Å². The van der Waals surface area contributed by atoms with E-state index in [9.17, 15) is 0 Å². The minimum atomic E-state index is 0.0505. The molecule has 4 nitrogen and oxygen atoms in total. The van der Waals surface area contributed by atoms with Gasteiger partial charge in [-0.2, -0.15) is 0 Å². The third-order valence-electron chi connectivity index (χ3n) is 2.22. The second kappa shape index (κ2) is 10.1. The van der Waals surface area contributed by atoms with Crippen LogP contribution in [0, 0.1) is 0 Å². The number of aldehydes is 1. The number of rotatable bonds is 4. The molecule has 1 saturated heterocycles. The first kappa shape index (κ1) is 14.6. The molecule has 15 heavy (non-hydrogen) atoms. The SMILES string of the molecule is CC=O.CNC(C)CCC1OCCCO1. The molecule has 90 valence electrons. The van der Waals surface area contributed by atoms with Gasteiger partial charge in [-0.15, -0.1) is 0 Å². The molecule has 0 spiro atoms. The Balaban J connectivity index is 0.000000583. The molecule has 0 aromatic carbocycles. The minimum Gasteiger partial charge on any atom is -0.353 e. The van der Waals surface area contributed by atoms with Crippen LogP contribution in [-0.4, -0.2) is 38.9 Å². The van der Waals surface area contributed by atoms with Gasteiger partial charge in [0.25, 0.3) is 0 Å². The van der Waals surface area contributed by atoms with Gasteiger partial charge in [0.15, 0.2) is 6.29 Å². The normalized spacial score (nSPS) is 18.9. The van der Waals surface area contributed by atoms with Crippen molar-refractivity contribution in [1.82, 2.24) is 5.32 Å². The third kappa shape index (κ3) is 8.54. The predicted molar refractivity (Wildman–Crippen MR) is 59.8 cm³/mol. The van der Waals surface area contributed by atoms with E-state index in [1.54, 1.807) is 0 Å². The second-order valence-electron chi connectivity index (χ2n) is 3.53. The van der Waals surface area contributed by atoms with Gasteiger partial charge in [0.1, 0.15) is 6.29 Å². The van der Waals surface area contributed by atoms with Crippen LogP contribution in [0.25, 0.3) is 0 Å². The molecule has 1 unspecified atom stereocenters. The summed E-state index contributed by atoms with van der Waals surface area (Å²) in [7, 11) is 1.98. The highest BCUT2D eigenvalue weighted by Gasteiger charge is 2.14. The van der Waals surface area contributed by atoms with E-state index < -0.39 is 0 Å². The molecule has 0 aromatic rings. The Morgan fingerprint density at radius 3 is 2.47 bits per heavy atom. The number of hydrogen-bond donors (Lipinski definition) is 1. The lowest BCUT2D eigenvalue weighted by Gasteiger charge is -2.24. The van der Waals surface area contributed by atoms with Gasteiger partial charge in [0, 0.05) is 6.04 Å². The summed E-state index contributed by atoms with van der Waals surface area (Å²) in [6, 6.07) is 0.555. The molecule has 1 rings (SSSR count). The number of nitrogens with one attached hydrogen (secondary N) is 1. The Labute approximate surface area is 92.3 Å². The molecule has 0 radical (unpaired) electrons. The number of hydrogen-bond acceptors (Lipinski definition) is 4. The summed E-state index contributed by atoms with van der Waals surface area (Å²) in [6.45, 7) is 5.33. The van der Waals surface area contributed by atoms with Crippen molar-refractivity contribution in [3.63, 3.8) is 0 Å². The molecule has 4 heteroatoms. The maximum atomic E-state index is 8.81. The van der Waals surface area contributed by atoms with Gasteiger partial charge < -0.3 is 19.6 Å². The Kier molecular flexibility index (Phi) is 9.78. The van der Waals surface area contributed by atoms with Gasteiger partial charge in [-0.25, -0.2) is 0 Å². The van der Waals surface area contributed by atoms with Crippen LogP contribution in [0.5, 0.6) is 0 Å². The van der Waals surface area contributed by atoms with Crippen LogP contribution in [0.3, 0.4) is 0 Å². The first-order chi connectivity index (χ1) is 7.24. The molecule has 1 aliphatic heterocycles. The van der Waals surface area contributed by atoms with Crippen molar-refractivity contribution < 1.29 is 14.3 Å². The molecule has 1 aliphatic rings. The van der Waals surface area contributed by atoms with Crippen LogP contribution in [0.1, 0.15) is 33.1 Å². The van der Waals surface area contributed by atoms with Crippen molar-refractivity contribution in [3.05, 3.63) is 0 Å². The molecule has 0 amide bonds. The summed E-state index contributed by atoms with van der Waals surface area (Å²) in [6.07, 6.45) is 3.95. The van der Waals surface area contributed by atoms with E-state index in [0.717, 1.165) is 38.8 Å². The molecule has 0 aromatic heterocycles. The van der Waals surface area contributed by atoms with Crippen LogP contribution in [0.2, 0.25) is 0 Å². The number of carbonyl (C=O) groups excluding carboxylic acids is 1. The number of carbonyl (C=O) groups is 1. The topological polar surface area (TPSA) is 47.6 Å². The molecule has 1 fully saturated rings. The van der Waals surface area contributed by atoms with Gasteiger partial charge in [-0.1, -0.05) is 0 Å². The Morgan fingerprint density at radius 2 is 2.00 bits per heavy atom. The fourth-order valence-electron chi connectivity index (χ4n) is 1.23. The first-order valence-electron chi connectivity index (χ1n) is 5.54. The molecular weight excluding hydrogens is 194 g/mol.